The molecule has 0 aliphatic carbocycles. The van der Waals surface area contributed by atoms with Crippen LogP contribution in [0.1, 0.15) is 28.3 Å². The number of hydrogen-bond acceptors (Lipinski definition) is 4. The number of nitrogens with one attached hydrogen (secondary N) is 1. The lowest BCUT2D eigenvalue weighted by Crippen LogP contribution is -2.17. The molecular weight excluding hydrogens is 268 g/mol. The fraction of sp³-hybridized carbons (Fsp3) is 0.312. The van der Waals surface area contributed by atoms with Gasteiger partial charge in [-0.2, -0.15) is 5.26 Å². The van der Waals surface area contributed by atoms with Crippen molar-refractivity contribution in [1.82, 2.24) is 5.32 Å². The normalized spacial score (nSPS) is 11.8. The number of rotatable bonds is 6. The van der Waals surface area contributed by atoms with Crippen LogP contribution in [0.4, 0.5) is 0 Å². The van der Waals surface area contributed by atoms with Crippen LogP contribution in [0.3, 0.4) is 0 Å². The summed E-state index contributed by atoms with van der Waals surface area (Å²) >= 11 is 1.83. The lowest BCUT2D eigenvalue weighted by molar-refractivity contribution is 0.368. The van der Waals surface area contributed by atoms with Gasteiger partial charge >= 0.3 is 0 Å². The first-order chi connectivity index (χ1) is 9.69. The first-order valence-electron chi connectivity index (χ1n) is 6.57. The van der Waals surface area contributed by atoms with E-state index in [0.717, 1.165) is 12.3 Å². The van der Waals surface area contributed by atoms with E-state index in [0.29, 0.717) is 6.04 Å². The smallest absolute Gasteiger partial charge is 0.174 e. The Labute approximate surface area is 123 Å². The highest BCUT2D eigenvalue weighted by atomic mass is 32.1. The van der Waals surface area contributed by atoms with Gasteiger partial charge in [-0.25, -0.2) is 0 Å². The van der Waals surface area contributed by atoms with Crippen molar-refractivity contribution in [3.63, 3.8) is 0 Å². The SMILES string of the molecule is Cc1ccc(C(C)NCc2ccc(OCC#N)cc2)s1. The number of benzene rings is 1. The molecule has 0 radical (unpaired) electrons. The maximum absolute atomic E-state index is 8.45. The van der Waals surface area contributed by atoms with Gasteiger partial charge in [0.15, 0.2) is 6.61 Å². The van der Waals surface area contributed by atoms with Gasteiger partial charge in [-0.05, 0) is 43.7 Å². The molecule has 2 rings (SSSR count). The molecule has 20 heavy (non-hydrogen) atoms. The molecule has 1 aromatic heterocycles. The van der Waals surface area contributed by atoms with E-state index in [1.807, 2.05) is 41.7 Å². The largest absolute Gasteiger partial charge is 0.479 e. The highest BCUT2D eigenvalue weighted by Crippen LogP contribution is 2.22. The van der Waals surface area contributed by atoms with Gasteiger partial charge in [0.05, 0.1) is 0 Å². The minimum atomic E-state index is 0.0896. The van der Waals surface area contributed by atoms with Crippen LogP contribution in [0.2, 0.25) is 0 Å². The Morgan fingerprint density at radius 1 is 1.25 bits per heavy atom. The molecule has 0 spiro atoms. The van der Waals surface area contributed by atoms with Crippen LogP contribution in [0.5, 0.6) is 5.75 Å². The summed E-state index contributed by atoms with van der Waals surface area (Å²) in [4.78, 5) is 2.70. The van der Waals surface area contributed by atoms with E-state index in [4.69, 9.17) is 10.00 Å². The van der Waals surface area contributed by atoms with Gasteiger partial charge < -0.3 is 10.1 Å². The second-order valence-corrected chi connectivity index (χ2v) is 5.96. The van der Waals surface area contributed by atoms with Crippen molar-refractivity contribution >= 4 is 11.3 Å². The second kappa shape index (κ2) is 7.09. The van der Waals surface area contributed by atoms with Gasteiger partial charge in [-0.15, -0.1) is 11.3 Å². The molecule has 1 unspecified atom stereocenters. The molecule has 4 heteroatoms. The zero-order valence-corrected chi connectivity index (χ0v) is 12.5. The first kappa shape index (κ1) is 14.6. The highest BCUT2D eigenvalue weighted by Gasteiger charge is 2.06. The third kappa shape index (κ3) is 4.09. The van der Waals surface area contributed by atoms with Crippen LogP contribution in [-0.2, 0) is 6.54 Å². The minimum Gasteiger partial charge on any atom is -0.479 e. The van der Waals surface area contributed by atoms with E-state index in [-0.39, 0.29) is 6.61 Å². The molecule has 1 aromatic carbocycles. The predicted octanol–water partition coefficient (Wildman–Crippen LogP) is 3.81. The first-order valence-corrected chi connectivity index (χ1v) is 7.39. The second-order valence-electron chi connectivity index (χ2n) is 4.64. The van der Waals surface area contributed by atoms with Crippen molar-refractivity contribution in [2.75, 3.05) is 6.61 Å². The standard InChI is InChI=1S/C16H18N2OS/c1-12-3-8-16(20-12)13(2)18-11-14-4-6-15(7-5-14)19-10-9-17/h3-8,13,18H,10-11H2,1-2H3. The fourth-order valence-electron chi connectivity index (χ4n) is 1.88. The van der Waals surface area contributed by atoms with E-state index in [1.165, 1.54) is 15.3 Å². The molecule has 0 aliphatic heterocycles. The molecule has 0 aliphatic rings. The summed E-state index contributed by atoms with van der Waals surface area (Å²) in [6, 6.07) is 14.5. The number of hydrogen-bond donors (Lipinski definition) is 1. The zero-order chi connectivity index (χ0) is 14.4. The van der Waals surface area contributed by atoms with Gasteiger partial charge in [0, 0.05) is 22.3 Å². The molecule has 104 valence electrons. The summed E-state index contributed by atoms with van der Waals surface area (Å²) in [5.74, 6) is 0.734. The Morgan fingerprint density at radius 3 is 2.60 bits per heavy atom. The summed E-state index contributed by atoms with van der Waals surface area (Å²) < 4.78 is 5.23. The molecule has 1 N–H and O–H groups in total. The van der Waals surface area contributed by atoms with Crippen molar-refractivity contribution in [2.24, 2.45) is 0 Å². The topological polar surface area (TPSA) is 45.0 Å². The third-order valence-corrected chi connectivity index (χ3v) is 4.21. The number of thiophene rings is 1. The summed E-state index contributed by atoms with van der Waals surface area (Å²) in [6.45, 7) is 5.21. The lowest BCUT2D eigenvalue weighted by Gasteiger charge is -2.12. The van der Waals surface area contributed by atoms with Gasteiger partial charge in [0.25, 0.3) is 0 Å². The summed E-state index contributed by atoms with van der Waals surface area (Å²) in [6.07, 6.45) is 0. The molecule has 0 saturated heterocycles. The van der Waals surface area contributed by atoms with E-state index in [1.54, 1.807) is 0 Å². The Bertz CT molecular complexity index is 583. The van der Waals surface area contributed by atoms with Crippen molar-refractivity contribution in [1.29, 1.82) is 5.26 Å². The zero-order valence-electron chi connectivity index (χ0n) is 11.7. The molecular formula is C16H18N2OS. The van der Waals surface area contributed by atoms with Gasteiger partial charge in [-0.1, -0.05) is 12.1 Å². The van der Waals surface area contributed by atoms with Crippen molar-refractivity contribution in [3.05, 3.63) is 51.7 Å². The number of nitriles is 1. The summed E-state index contributed by atoms with van der Waals surface area (Å²) in [7, 11) is 0. The van der Waals surface area contributed by atoms with Crippen molar-refractivity contribution in [2.45, 2.75) is 26.4 Å². The van der Waals surface area contributed by atoms with Crippen LogP contribution in [0, 0.1) is 18.3 Å². The minimum absolute atomic E-state index is 0.0896. The van der Waals surface area contributed by atoms with Gasteiger partial charge in [-0.3, -0.25) is 0 Å². The van der Waals surface area contributed by atoms with Gasteiger partial charge in [0.1, 0.15) is 11.8 Å². The molecule has 2 aromatic rings. The number of aryl methyl sites for hydroxylation is 1. The highest BCUT2D eigenvalue weighted by molar-refractivity contribution is 7.12. The average molecular weight is 286 g/mol. The number of ether oxygens (including phenoxy) is 1. The number of nitrogens with zero attached hydrogens (tertiary/aromatic N) is 1. The fourth-order valence-corrected chi connectivity index (χ4v) is 2.78. The van der Waals surface area contributed by atoms with Gasteiger partial charge in [0.2, 0.25) is 0 Å². The summed E-state index contributed by atoms with van der Waals surface area (Å²) in [5.41, 5.74) is 1.20. The van der Waals surface area contributed by atoms with E-state index in [2.05, 4.69) is 31.3 Å². The third-order valence-electron chi connectivity index (χ3n) is 3.03. The van der Waals surface area contributed by atoms with Crippen molar-refractivity contribution < 1.29 is 4.74 Å². The maximum Gasteiger partial charge on any atom is 0.174 e. The van der Waals surface area contributed by atoms with Crippen LogP contribution < -0.4 is 10.1 Å². The van der Waals surface area contributed by atoms with E-state index < -0.39 is 0 Å². The molecule has 0 amide bonds. The molecule has 1 atom stereocenters. The van der Waals surface area contributed by atoms with E-state index >= 15 is 0 Å². The van der Waals surface area contributed by atoms with Crippen LogP contribution in [0.15, 0.2) is 36.4 Å². The van der Waals surface area contributed by atoms with E-state index in [9.17, 15) is 0 Å². The molecule has 3 nitrogen and oxygen atoms in total. The predicted molar refractivity (Wildman–Crippen MR) is 81.9 cm³/mol. The van der Waals surface area contributed by atoms with Crippen molar-refractivity contribution in [3.8, 4) is 11.8 Å². The maximum atomic E-state index is 8.45. The Hall–Kier alpha value is -1.83. The Morgan fingerprint density at radius 2 is 2.00 bits per heavy atom. The van der Waals surface area contributed by atoms with Crippen LogP contribution in [-0.4, -0.2) is 6.61 Å². The molecule has 0 fully saturated rings. The molecule has 0 bridgehead atoms. The average Bonchev–Trinajstić information content (AvgIpc) is 2.90. The molecule has 0 saturated carbocycles. The lowest BCUT2D eigenvalue weighted by atomic mass is 10.2. The molecule has 1 heterocycles. The Balaban J connectivity index is 1.86. The monoisotopic (exact) mass is 286 g/mol. The Kier molecular flexibility index (Phi) is 5.16. The van der Waals surface area contributed by atoms with Crippen LogP contribution in [0.25, 0.3) is 0 Å². The summed E-state index contributed by atoms with van der Waals surface area (Å²) in [5, 5.41) is 12.0. The quantitative estimate of drug-likeness (QED) is 0.878. The van der Waals surface area contributed by atoms with Crippen LogP contribution >= 0.6 is 11.3 Å².